The minimum absolute atomic E-state index is 0.306. The Morgan fingerprint density at radius 3 is 2.90 bits per heavy atom. The maximum Gasteiger partial charge on any atom is 0.291 e. The highest BCUT2D eigenvalue weighted by atomic mass is 32.2. The molecule has 1 saturated carbocycles. The zero-order chi connectivity index (χ0) is 20.0. The molecular weight excluding hydrogens is 418 g/mol. The molecule has 0 saturated heterocycles. The first-order chi connectivity index (χ1) is 14.0. The Labute approximate surface area is 173 Å². The Balaban J connectivity index is 1.60. The van der Waals surface area contributed by atoms with Crippen molar-refractivity contribution in [3.8, 4) is 10.7 Å². The highest BCUT2D eigenvalue weighted by Gasteiger charge is 2.40. The molecular formula is C18H18F2N6OS2. The van der Waals surface area contributed by atoms with Gasteiger partial charge in [-0.25, -0.2) is 18.5 Å². The Bertz CT molecular complexity index is 1090. The molecule has 11 heteroatoms. The van der Waals surface area contributed by atoms with Crippen molar-refractivity contribution < 1.29 is 13.9 Å². The van der Waals surface area contributed by atoms with Crippen molar-refractivity contribution in [3.05, 3.63) is 35.1 Å². The standard InChI is InChI=1S/C18H18F2N6OS2/c19-14(20)17-24-23-16(28-17)13-8-22-15-12(10-1-5-21-6-2-10)7-11(9-26(13)15)29-25-18(27)3-4-18/h1,7-9,14,21,25,27H,2-6H2. The van der Waals surface area contributed by atoms with Crippen LogP contribution in [0.5, 0.6) is 0 Å². The van der Waals surface area contributed by atoms with Gasteiger partial charge in [0, 0.05) is 23.2 Å². The number of aromatic nitrogens is 4. The van der Waals surface area contributed by atoms with Crippen LogP contribution in [0.3, 0.4) is 0 Å². The first-order valence-corrected chi connectivity index (χ1v) is 10.9. The van der Waals surface area contributed by atoms with Crippen molar-refractivity contribution in [1.82, 2.24) is 29.6 Å². The minimum Gasteiger partial charge on any atom is -0.375 e. The lowest BCUT2D eigenvalue weighted by Crippen LogP contribution is -2.23. The Hall–Kier alpha value is -1.92. The van der Waals surface area contributed by atoms with Gasteiger partial charge in [-0.3, -0.25) is 4.40 Å². The number of pyridine rings is 1. The molecule has 1 aliphatic heterocycles. The van der Waals surface area contributed by atoms with Gasteiger partial charge in [-0.15, -0.1) is 10.2 Å². The lowest BCUT2D eigenvalue weighted by Gasteiger charge is -2.17. The Kier molecular flexibility index (Phi) is 4.87. The molecule has 0 spiro atoms. The van der Waals surface area contributed by atoms with E-state index in [4.69, 9.17) is 0 Å². The van der Waals surface area contributed by atoms with E-state index in [0.717, 1.165) is 59.8 Å². The summed E-state index contributed by atoms with van der Waals surface area (Å²) in [4.78, 5) is 5.45. The van der Waals surface area contributed by atoms with Crippen molar-refractivity contribution in [2.24, 2.45) is 0 Å². The SMILES string of the molecule is OC1(NSc2cc(C3=CCNCC3)c3ncc(-c4nnc(C(F)F)s4)n3c2)CC1. The molecule has 29 heavy (non-hydrogen) atoms. The van der Waals surface area contributed by atoms with Crippen molar-refractivity contribution in [2.75, 3.05) is 13.1 Å². The van der Waals surface area contributed by atoms with Gasteiger partial charge in [-0.1, -0.05) is 17.4 Å². The molecule has 7 nitrogen and oxygen atoms in total. The topological polar surface area (TPSA) is 87.4 Å². The summed E-state index contributed by atoms with van der Waals surface area (Å²) in [6.45, 7) is 1.67. The molecule has 3 aromatic rings. The monoisotopic (exact) mass is 436 g/mol. The van der Waals surface area contributed by atoms with Crippen LogP contribution in [-0.4, -0.2) is 43.5 Å². The second kappa shape index (κ2) is 7.40. The number of hydrogen-bond acceptors (Lipinski definition) is 8. The van der Waals surface area contributed by atoms with Gasteiger partial charge in [0.2, 0.25) is 0 Å². The third-order valence-electron chi connectivity index (χ3n) is 4.92. The second-order valence-electron chi connectivity index (χ2n) is 7.09. The van der Waals surface area contributed by atoms with Crippen molar-refractivity contribution in [1.29, 1.82) is 0 Å². The number of nitrogens with zero attached hydrogens (tertiary/aromatic N) is 4. The molecule has 3 aromatic heterocycles. The van der Waals surface area contributed by atoms with Gasteiger partial charge in [0.25, 0.3) is 6.43 Å². The molecule has 0 unspecified atom stereocenters. The molecule has 0 aromatic carbocycles. The normalized spacial score (nSPS) is 18.4. The lowest BCUT2D eigenvalue weighted by atomic mass is 10.0. The van der Waals surface area contributed by atoms with Gasteiger partial charge < -0.3 is 10.4 Å². The van der Waals surface area contributed by atoms with Crippen LogP contribution < -0.4 is 10.0 Å². The van der Waals surface area contributed by atoms with Crippen LogP contribution in [0.2, 0.25) is 0 Å². The average molecular weight is 437 g/mol. The van der Waals surface area contributed by atoms with Crippen LogP contribution >= 0.6 is 23.3 Å². The number of imidazole rings is 1. The van der Waals surface area contributed by atoms with Gasteiger partial charge in [-0.05, 0) is 49.4 Å². The highest BCUT2D eigenvalue weighted by Crippen LogP contribution is 2.37. The zero-order valence-electron chi connectivity index (χ0n) is 15.2. The largest absolute Gasteiger partial charge is 0.375 e. The first kappa shape index (κ1) is 19.1. The first-order valence-electron chi connectivity index (χ1n) is 9.22. The average Bonchev–Trinajstić information content (AvgIpc) is 3.11. The fourth-order valence-electron chi connectivity index (χ4n) is 3.18. The van der Waals surface area contributed by atoms with E-state index >= 15 is 0 Å². The third-order valence-corrected chi connectivity index (χ3v) is 6.81. The van der Waals surface area contributed by atoms with Crippen LogP contribution in [0.25, 0.3) is 21.9 Å². The number of hydrogen-bond donors (Lipinski definition) is 3. The van der Waals surface area contributed by atoms with Crippen molar-refractivity contribution in [3.63, 3.8) is 0 Å². The number of nitrogens with one attached hydrogen (secondary N) is 2. The predicted octanol–water partition coefficient (Wildman–Crippen LogP) is 3.25. The van der Waals surface area contributed by atoms with Crippen LogP contribution in [0.4, 0.5) is 8.78 Å². The molecule has 1 aliphatic carbocycles. The molecule has 0 atom stereocenters. The molecule has 5 rings (SSSR count). The molecule has 3 N–H and O–H groups in total. The maximum absolute atomic E-state index is 13.0. The summed E-state index contributed by atoms with van der Waals surface area (Å²) in [5, 5.41) is 21.0. The number of fused-ring (bicyclic) bond motifs is 1. The van der Waals surface area contributed by atoms with Crippen LogP contribution in [0.1, 0.15) is 36.3 Å². The summed E-state index contributed by atoms with van der Waals surface area (Å²) in [5.74, 6) is 0. The molecule has 4 heterocycles. The van der Waals surface area contributed by atoms with E-state index in [9.17, 15) is 13.9 Å². The van der Waals surface area contributed by atoms with Gasteiger partial charge >= 0.3 is 0 Å². The van der Waals surface area contributed by atoms with E-state index in [-0.39, 0.29) is 5.01 Å². The zero-order valence-corrected chi connectivity index (χ0v) is 16.9. The lowest BCUT2D eigenvalue weighted by molar-refractivity contribution is 0.142. The smallest absolute Gasteiger partial charge is 0.291 e. The fourth-order valence-corrected chi connectivity index (χ4v) is 4.73. The summed E-state index contributed by atoms with van der Waals surface area (Å²) in [6, 6.07) is 2.05. The predicted molar refractivity (Wildman–Crippen MR) is 108 cm³/mol. The summed E-state index contributed by atoms with van der Waals surface area (Å²) >= 11 is 2.22. The fraction of sp³-hybridized carbons (Fsp3) is 0.389. The summed E-state index contributed by atoms with van der Waals surface area (Å²) in [6.07, 6.45) is 5.35. The van der Waals surface area contributed by atoms with E-state index in [1.165, 1.54) is 17.5 Å². The van der Waals surface area contributed by atoms with Crippen molar-refractivity contribution >= 4 is 34.5 Å². The minimum atomic E-state index is -2.65. The van der Waals surface area contributed by atoms with E-state index in [0.29, 0.717) is 10.7 Å². The molecule has 1 fully saturated rings. The van der Waals surface area contributed by atoms with Gasteiger partial charge in [-0.2, -0.15) is 0 Å². The molecule has 0 bridgehead atoms. The number of halogens is 2. The van der Waals surface area contributed by atoms with Gasteiger partial charge in [0.1, 0.15) is 17.1 Å². The van der Waals surface area contributed by atoms with E-state index in [1.54, 1.807) is 6.20 Å². The summed E-state index contributed by atoms with van der Waals surface area (Å²) < 4.78 is 30.9. The Morgan fingerprint density at radius 1 is 1.34 bits per heavy atom. The maximum atomic E-state index is 13.0. The van der Waals surface area contributed by atoms with Crippen LogP contribution in [0, 0.1) is 0 Å². The summed E-state index contributed by atoms with van der Waals surface area (Å²) in [5.41, 5.74) is 2.73. The third kappa shape index (κ3) is 3.80. The number of aliphatic hydroxyl groups is 1. The summed E-state index contributed by atoms with van der Waals surface area (Å²) in [7, 11) is 0. The van der Waals surface area contributed by atoms with Gasteiger partial charge in [0.05, 0.1) is 6.20 Å². The molecule has 0 amide bonds. The highest BCUT2D eigenvalue weighted by molar-refractivity contribution is 7.97. The van der Waals surface area contributed by atoms with E-state index in [1.807, 2.05) is 10.6 Å². The molecule has 0 radical (unpaired) electrons. The van der Waals surface area contributed by atoms with Crippen LogP contribution in [0.15, 0.2) is 29.4 Å². The Morgan fingerprint density at radius 2 is 2.21 bits per heavy atom. The van der Waals surface area contributed by atoms with E-state index < -0.39 is 12.2 Å². The quantitative estimate of drug-likeness (QED) is 0.404. The number of alkyl halides is 2. The van der Waals surface area contributed by atoms with Crippen molar-refractivity contribution in [2.45, 2.75) is 36.3 Å². The molecule has 2 aliphatic rings. The van der Waals surface area contributed by atoms with Crippen LogP contribution in [-0.2, 0) is 0 Å². The number of rotatable bonds is 6. The molecule has 152 valence electrons. The van der Waals surface area contributed by atoms with E-state index in [2.05, 4.69) is 37.4 Å². The van der Waals surface area contributed by atoms with Gasteiger partial charge in [0.15, 0.2) is 10.0 Å². The second-order valence-corrected chi connectivity index (χ2v) is 8.98.